The first kappa shape index (κ1) is 22.3. The van der Waals surface area contributed by atoms with Gasteiger partial charge in [-0.1, -0.05) is 0 Å². The van der Waals surface area contributed by atoms with E-state index < -0.39 is 0 Å². The van der Waals surface area contributed by atoms with E-state index in [0.29, 0.717) is 10.7 Å². The number of nitrogens with one attached hydrogen (secondary N) is 1. The Morgan fingerprint density at radius 2 is 2.12 bits per heavy atom. The zero-order chi connectivity index (χ0) is 16.5. The number of hydrogen-bond acceptors (Lipinski definition) is 4. The smallest absolute Gasteiger partial charge is 0.193 e. The fraction of sp³-hybridized carbons (Fsp3) is 0.941. The van der Waals surface area contributed by atoms with Crippen LogP contribution in [0.25, 0.3) is 0 Å². The number of rotatable bonds is 6. The normalized spacial score (nSPS) is 22.1. The van der Waals surface area contributed by atoms with Crippen LogP contribution >= 0.6 is 35.7 Å². The number of thioether (sulfide) groups is 1. The Balaban J connectivity index is 0.00000288. The van der Waals surface area contributed by atoms with Crippen LogP contribution in [-0.4, -0.2) is 74.5 Å². The highest BCUT2D eigenvalue weighted by Gasteiger charge is 2.28. The predicted octanol–water partition coefficient (Wildman–Crippen LogP) is 2.84. The van der Waals surface area contributed by atoms with Crippen molar-refractivity contribution >= 4 is 41.7 Å². The molecule has 0 amide bonds. The Labute approximate surface area is 168 Å². The van der Waals surface area contributed by atoms with E-state index in [1.807, 2.05) is 18.8 Å². The van der Waals surface area contributed by atoms with Crippen LogP contribution in [-0.2, 0) is 9.47 Å². The highest BCUT2D eigenvalue weighted by atomic mass is 127. The summed E-state index contributed by atoms with van der Waals surface area (Å²) in [6.45, 7) is 11.2. The molecular weight excluding hydrogens is 437 g/mol. The summed E-state index contributed by atoms with van der Waals surface area (Å²) in [5, 5.41) is 3.48. The molecule has 0 saturated carbocycles. The summed E-state index contributed by atoms with van der Waals surface area (Å²) in [4.78, 5) is 6.81. The Hall–Kier alpha value is 0.270. The molecule has 142 valence electrons. The van der Waals surface area contributed by atoms with Crippen molar-refractivity contribution in [1.29, 1.82) is 0 Å². The van der Waals surface area contributed by atoms with E-state index in [9.17, 15) is 0 Å². The second kappa shape index (κ2) is 11.8. The highest BCUT2D eigenvalue weighted by Crippen LogP contribution is 2.29. The number of hydrogen-bond donors (Lipinski definition) is 1. The van der Waals surface area contributed by atoms with Gasteiger partial charge in [0.25, 0.3) is 0 Å². The lowest BCUT2D eigenvalue weighted by Crippen LogP contribution is -2.51. The quantitative estimate of drug-likeness (QED) is 0.280. The fourth-order valence-corrected chi connectivity index (χ4v) is 4.18. The molecule has 2 saturated heterocycles. The van der Waals surface area contributed by atoms with E-state index in [1.54, 1.807) is 0 Å². The van der Waals surface area contributed by atoms with Crippen molar-refractivity contribution in [3.63, 3.8) is 0 Å². The molecule has 1 N–H and O–H groups in total. The van der Waals surface area contributed by atoms with Gasteiger partial charge in [0.1, 0.15) is 0 Å². The van der Waals surface area contributed by atoms with Crippen LogP contribution in [0, 0.1) is 5.92 Å². The van der Waals surface area contributed by atoms with Crippen molar-refractivity contribution < 1.29 is 9.47 Å². The van der Waals surface area contributed by atoms with E-state index in [2.05, 4.69) is 29.1 Å². The zero-order valence-electron chi connectivity index (χ0n) is 15.4. The molecule has 2 aliphatic rings. The van der Waals surface area contributed by atoms with Crippen molar-refractivity contribution in [3.8, 4) is 0 Å². The number of ether oxygens (including phenoxy) is 2. The summed E-state index contributed by atoms with van der Waals surface area (Å²) in [5.74, 6) is 2.89. The number of aliphatic imine (C=N–C) groups is 1. The molecule has 2 heterocycles. The van der Waals surface area contributed by atoms with Gasteiger partial charge < -0.3 is 19.7 Å². The summed E-state index contributed by atoms with van der Waals surface area (Å²) in [5.41, 5.74) is 0. The summed E-state index contributed by atoms with van der Waals surface area (Å²) in [6, 6.07) is 0. The molecule has 0 aromatic carbocycles. The third kappa shape index (κ3) is 8.10. The minimum absolute atomic E-state index is 0. The van der Waals surface area contributed by atoms with Gasteiger partial charge in [-0.2, -0.15) is 11.8 Å². The lowest BCUT2D eigenvalue weighted by Gasteiger charge is -2.39. The molecule has 2 fully saturated rings. The van der Waals surface area contributed by atoms with Crippen LogP contribution in [0.1, 0.15) is 33.1 Å². The van der Waals surface area contributed by atoms with E-state index in [4.69, 9.17) is 9.47 Å². The number of guanidine groups is 1. The van der Waals surface area contributed by atoms with E-state index in [1.165, 1.54) is 5.75 Å². The van der Waals surface area contributed by atoms with Crippen LogP contribution in [0.4, 0.5) is 0 Å². The monoisotopic (exact) mass is 471 g/mol. The topological polar surface area (TPSA) is 46.1 Å². The number of nitrogens with zero attached hydrogens (tertiary/aromatic N) is 2. The molecule has 24 heavy (non-hydrogen) atoms. The summed E-state index contributed by atoms with van der Waals surface area (Å²) < 4.78 is 11.5. The third-order valence-electron chi connectivity index (χ3n) is 4.38. The Morgan fingerprint density at radius 1 is 1.38 bits per heavy atom. The molecule has 2 aliphatic heterocycles. The Kier molecular flexibility index (Phi) is 11.0. The molecule has 0 unspecified atom stereocenters. The van der Waals surface area contributed by atoms with E-state index >= 15 is 0 Å². The van der Waals surface area contributed by atoms with Gasteiger partial charge in [-0.3, -0.25) is 4.99 Å². The molecule has 2 rings (SSSR count). The van der Waals surface area contributed by atoms with E-state index in [-0.39, 0.29) is 24.0 Å². The van der Waals surface area contributed by atoms with Crippen molar-refractivity contribution in [1.82, 2.24) is 10.2 Å². The van der Waals surface area contributed by atoms with Gasteiger partial charge in [-0.25, -0.2) is 0 Å². The largest absolute Gasteiger partial charge is 0.381 e. The standard InChI is InChI=1S/C17H33N3O2S.HI/c1-17(2)14-20(8-12-23-17)16(18-3)19-7-4-9-22-13-15-5-10-21-11-6-15;/h15H,4-14H2,1-3H3,(H,18,19);1H. The first-order valence-corrected chi connectivity index (χ1v) is 9.84. The third-order valence-corrected chi connectivity index (χ3v) is 5.68. The minimum atomic E-state index is 0. The van der Waals surface area contributed by atoms with Crippen molar-refractivity contribution in [3.05, 3.63) is 0 Å². The van der Waals surface area contributed by atoms with Gasteiger partial charge in [0, 0.05) is 63.6 Å². The molecule has 7 heteroatoms. The number of halogens is 1. The first-order chi connectivity index (χ1) is 11.1. The van der Waals surface area contributed by atoms with Gasteiger partial charge in [0.05, 0.1) is 0 Å². The Morgan fingerprint density at radius 3 is 2.79 bits per heavy atom. The lowest BCUT2D eigenvalue weighted by molar-refractivity contribution is 0.0203. The van der Waals surface area contributed by atoms with Crippen molar-refractivity contribution in [2.45, 2.75) is 37.9 Å². The van der Waals surface area contributed by atoms with Crippen LogP contribution in [0.3, 0.4) is 0 Å². The van der Waals surface area contributed by atoms with Crippen LogP contribution in [0.15, 0.2) is 4.99 Å². The van der Waals surface area contributed by atoms with Gasteiger partial charge >= 0.3 is 0 Å². The van der Waals surface area contributed by atoms with Crippen LogP contribution < -0.4 is 5.32 Å². The average Bonchev–Trinajstić information content (AvgIpc) is 2.54. The maximum absolute atomic E-state index is 5.81. The van der Waals surface area contributed by atoms with Gasteiger partial charge in [-0.15, -0.1) is 24.0 Å². The van der Waals surface area contributed by atoms with E-state index in [0.717, 1.165) is 71.3 Å². The maximum Gasteiger partial charge on any atom is 0.193 e. The summed E-state index contributed by atoms with van der Waals surface area (Å²) in [7, 11) is 1.87. The van der Waals surface area contributed by atoms with Gasteiger partial charge in [-0.05, 0) is 39.0 Å². The molecule has 0 aromatic heterocycles. The fourth-order valence-electron chi connectivity index (χ4n) is 3.07. The summed E-state index contributed by atoms with van der Waals surface area (Å²) >= 11 is 2.05. The highest BCUT2D eigenvalue weighted by molar-refractivity contribution is 14.0. The Bertz CT molecular complexity index is 377. The molecule has 0 bridgehead atoms. The zero-order valence-corrected chi connectivity index (χ0v) is 18.5. The van der Waals surface area contributed by atoms with Gasteiger partial charge in [0.2, 0.25) is 0 Å². The van der Waals surface area contributed by atoms with Crippen molar-refractivity contribution in [2.75, 3.05) is 58.9 Å². The minimum Gasteiger partial charge on any atom is -0.381 e. The second-order valence-corrected chi connectivity index (χ2v) is 8.79. The van der Waals surface area contributed by atoms with Gasteiger partial charge in [0.15, 0.2) is 5.96 Å². The predicted molar refractivity (Wildman–Crippen MR) is 114 cm³/mol. The molecule has 0 aliphatic carbocycles. The molecule has 0 atom stereocenters. The van der Waals surface area contributed by atoms with Crippen molar-refractivity contribution in [2.24, 2.45) is 10.9 Å². The van der Waals surface area contributed by atoms with Crippen LogP contribution in [0.2, 0.25) is 0 Å². The SMILES string of the molecule is CN=C(NCCCOCC1CCOCC1)N1CCSC(C)(C)C1.I. The molecule has 0 radical (unpaired) electrons. The average molecular weight is 471 g/mol. The molecular formula is C17H34IN3O2S. The second-order valence-electron chi connectivity index (χ2n) is 6.99. The maximum atomic E-state index is 5.81. The molecule has 0 spiro atoms. The molecule has 5 nitrogen and oxygen atoms in total. The first-order valence-electron chi connectivity index (χ1n) is 8.86. The van der Waals surface area contributed by atoms with Crippen LogP contribution in [0.5, 0.6) is 0 Å². The molecule has 0 aromatic rings. The summed E-state index contributed by atoms with van der Waals surface area (Å²) in [6.07, 6.45) is 3.31. The lowest BCUT2D eigenvalue weighted by atomic mass is 10.0.